The van der Waals surface area contributed by atoms with Crippen molar-refractivity contribution in [2.75, 3.05) is 25.5 Å². The maximum atomic E-state index is 3.94. The van der Waals surface area contributed by atoms with Crippen molar-refractivity contribution < 1.29 is 0 Å². The summed E-state index contributed by atoms with van der Waals surface area (Å²) >= 11 is 1.56. The summed E-state index contributed by atoms with van der Waals surface area (Å²) in [6.45, 7) is 2.22. The first-order valence-corrected chi connectivity index (χ1v) is 5.44. The van der Waals surface area contributed by atoms with Crippen molar-refractivity contribution in [3.8, 4) is 0 Å². The van der Waals surface area contributed by atoms with E-state index in [1.54, 1.807) is 16.8 Å². The standard InChI is InChI=1S/C8H14N4S/c1-12-4-2-3-7(12)5-9-8-11-10-6-13-8/h6-7H,2-5H2,1H3,(H,9,11). The Morgan fingerprint density at radius 3 is 3.31 bits per heavy atom. The number of rotatable bonds is 3. The minimum absolute atomic E-state index is 0.670. The van der Waals surface area contributed by atoms with Gasteiger partial charge >= 0.3 is 0 Å². The van der Waals surface area contributed by atoms with Gasteiger partial charge in [0.1, 0.15) is 5.51 Å². The Kier molecular flexibility index (Phi) is 2.75. The molecule has 1 fully saturated rings. The maximum absolute atomic E-state index is 3.94. The Bertz CT molecular complexity index is 249. The van der Waals surface area contributed by atoms with Crippen LogP contribution in [0.2, 0.25) is 0 Å². The molecule has 0 bridgehead atoms. The number of nitrogens with zero attached hydrogens (tertiary/aromatic N) is 3. The van der Waals surface area contributed by atoms with Gasteiger partial charge in [-0.25, -0.2) is 0 Å². The zero-order chi connectivity index (χ0) is 9.10. The maximum Gasteiger partial charge on any atom is 0.205 e. The quantitative estimate of drug-likeness (QED) is 0.788. The Balaban J connectivity index is 1.79. The highest BCUT2D eigenvalue weighted by molar-refractivity contribution is 7.13. The highest BCUT2D eigenvalue weighted by Crippen LogP contribution is 2.16. The van der Waals surface area contributed by atoms with Crippen LogP contribution in [0.4, 0.5) is 5.13 Å². The molecule has 0 spiro atoms. The van der Waals surface area contributed by atoms with Gasteiger partial charge < -0.3 is 10.2 Å². The second-order valence-electron chi connectivity index (χ2n) is 3.40. The first-order valence-electron chi connectivity index (χ1n) is 4.56. The molecule has 2 heterocycles. The summed E-state index contributed by atoms with van der Waals surface area (Å²) in [6.07, 6.45) is 2.61. The number of anilines is 1. The molecule has 13 heavy (non-hydrogen) atoms. The van der Waals surface area contributed by atoms with Gasteiger partial charge in [0.05, 0.1) is 0 Å². The van der Waals surface area contributed by atoms with Gasteiger partial charge in [-0.1, -0.05) is 11.3 Å². The highest BCUT2D eigenvalue weighted by Gasteiger charge is 2.20. The predicted octanol–water partition coefficient (Wildman–Crippen LogP) is 1.04. The van der Waals surface area contributed by atoms with E-state index in [0.29, 0.717) is 6.04 Å². The topological polar surface area (TPSA) is 41.0 Å². The van der Waals surface area contributed by atoms with E-state index in [9.17, 15) is 0 Å². The molecule has 4 nitrogen and oxygen atoms in total. The molecule has 72 valence electrons. The molecule has 0 amide bonds. The largest absolute Gasteiger partial charge is 0.359 e. The van der Waals surface area contributed by atoms with Gasteiger partial charge in [-0.15, -0.1) is 10.2 Å². The lowest BCUT2D eigenvalue weighted by atomic mass is 10.2. The monoisotopic (exact) mass is 198 g/mol. The molecule has 1 unspecified atom stereocenters. The summed E-state index contributed by atoms with van der Waals surface area (Å²) in [6, 6.07) is 0.670. The lowest BCUT2D eigenvalue weighted by molar-refractivity contribution is 0.322. The van der Waals surface area contributed by atoms with Crippen LogP contribution in [0.5, 0.6) is 0 Å². The van der Waals surface area contributed by atoms with Crippen molar-refractivity contribution in [1.82, 2.24) is 15.1 Å². The second kappa shape index (κ2) is 4.02. The summed E-state index contributed by atoms with van der Waals surface area (Å²) in [7, 11) is 2.18. The van der Waals surface area contributed by atoms with Gasteiger partial charge in [0.15, 0.2) is 0 Å². The van der Waals surface area contributed by atoms with E-state index in [-0.39, 0.29) is 0 Å². The van der Waals surface area contributed by atoms with Gasteiger partial charge in [-0.3, -0.25) is 0 Å². The average Bonchev–Trinajstić information content (AvgIpc) is 2.72. The van der Waals surface area contributed by atoms with Crippen molar-refractivity contribution in [2.45, 2.75) is 18.9 Å². The number of likely N-dealkylation sites (N-methyl/N-ethyl adjacent to an activating group) is 1. The third-order valence-electron chi connectivity index (χ3n) is 2.52. The van der Waals surface area contributed by atoms with Crippen molar-refractivity contribution in [3.05, 3.63) is 5.51 Å². The summed E-state index contributed by atoms with van der Waals surface area (Å²) in [4.78, 5) is 2.40. The van der Waals surface area contributed by atoms with E-state index < -0.39 is 0 Å². The van der Waals surface area contributed by atoms with Crippen LogP contribution < -0.4 is 5.32 Å². The molecule has 0 radical (unpaired) electrons. The number of aromatic nitrogens is 2. The number of likely N-dealkylation sites (tertiary alicyclic amines) is 1. The van der Waals surface area contributed by atoms with Gasteiger partial charge in [-0.05, 0) is 26.4 Å². The van der Waals surface area contributed by atoms with E-state index in [1.807, 2.05) is 0 Å². The van der Waals surface area contributed by atoms with Gasteiger partial charge in [0, 0.05) is 12.6 Å². The first kappa shape index (κ1) is 8.90. The highest BCUT2D eigenvalue weighted by atomic mass is 32.1. The molecule has 5 heteroatoms. The van der Waals surface area contributed by atoms with Gasteiger partial charge in [0.2, 0.25) is 5.13 Å². The van der Waals surface area contributed by atoms with E-state index >= 15 is 0 Å². The Labute approximate surface area is 82.0 Å². The second-order valence-corrected chi connectivity index (χ2v) is 4.23. The van der Waals surface area contributed by atoms with Crippen molar-refractivity contribution in [1.29, 1.82) is 0 Å². The molecule has 1 aliphatic rings. The van der Waals surface area contributed by atoms with E-state index in [1.165, 1.54) is 19.4 Å². The minimum Gasteiger partial charge on any atom is -0.359 e. The third-order valence-corrected chi connectivity index (χ3v) is 3.17. The SMILES string of the molecule is CN1CCCC1CNc1nncs1. The summed E-state index contributed by atoms with van der Waals surface area (Å²) < 4.78 is 0. The predicted molar refractivity (Wildman–Crippen MR) is 54.1 cm³/mol. The molecule has 0 saturated carbocycles. The van der Waals surface area contributed by atoms with Crippen molar-refractivity contribution >= 4 is 16.5 Å². The number of nitrogens with one attached hydrogen (secondary N) is 1. The van der Waals surface area contributed by atoms with E-state index in [2.05, 4.69) is 27.5 Å². The molecule has 1 N–H and O–H groups in total. The zero-order valence-electron chi connectivity index (χ0n) is 7.73. The molecule has 0 aromatic carbocycles. The fourth-order valence-corrected chi connectivity index (χ4v) is 2.15. The summed E-state index contributed by atoms with van der Waals surface area (Å²) in [5.74, 6) is 0. The van der Waals surface area contributed by atoms with Crippen LogP contribution >= 0.6 is 11.3 Å². The Hall–Kier alpha value is -0.680. The average molecular weight is 198 g/mol. The smallest absolute Gasteiger partial charge is 0.205 e. The number of hydrogen-bond donors (Lipinski definition) is 1. The summed E-state index contributed by atoms with van der Waals surface area (Å²) in [5, 5.41) is 12.0. The molecule has 1 aliphatic heterocycles. The van der Waals surface area contributed by atoms with Crippen LogP contribution in [0.15, 0.2) is 5.51 Å². The van der Waals surface area contributed by atoms with Crippen LogP contribution in [-0.4, -0.2) is 41.3 Å². The molecular weight excluding hydrogens is 184 g/mol. The minimum atomic E-state index is 0.670. The van der Waals surface area contributed by atoms with Crippen LogP contribution in [-0.2, 0) is 0 Å². The lowest BCUT2D eigenvalue weighted by Crippen LogP contribution is -2.31. The van der Waals surface area contributed by atoms with Crippen LogP contribution in [0, 0.1) is 0 Å². The molecule has 1 saturated heterocycles. The van der Waals surface area contributed by atoms with Crippen LogP contribution in [0.25, 0.3) is 0 Å². The zero-order valence-corrected chi connectivity index (χ0v) is 8.55. The fourth-order valence-electron chi connectivity index (χ4n) is 1.69. The number of hydrogen-bond acceptors (Lipinski definition) is 5. The molecule has 2 rings (SSSR count). The molecule has 1 aromatic rings. The Morgan fingerprint density at radius 2 is 2.69 bits per heavy atom. The van der Waals surface area contributed by atoms with Crippen molar-refractivity contribution in [3.63, 3.8) is 0 Å². The van der Waals surface area contributed by atoms with E-state index in [4.69, 9.17) is 0 Å². The van der Waals surface area contributed by atoms with Gasteiger partial charge in [0.25, 0.3) is 0 Å². The first-order chi connectivity index (χ1) is 6.36. The summed E-state index contributed by atoms with van der Waals surface area (Å²) in [5.41, 5.74) is 1.75. The molecule has 1 atom stereocenters. The van der Waals surface area contributed by atoms with Crippen LogP contribution in [0.3, 0.4) is 0 Å². The van der Waals surface area contributed by atoms with Crippen molar-refractivity contribution in [2.24, 2.45) is 0 Å². The Morgan fingerprint density at radius 1 is 1.77 bits per heavy atom. The third kappa shape index (κ3) is 2.16. The fraction of sp³-hybridized carbons (Fsp3) is 0.750. The van der Waals surface area contributed by atoms with Crippen LogP contribution in [0.1, 0.15) is 12.8 Å². The molecule has 1 aromatic heterocycles. The normalized spacial score (nSPS) is 23.6. The molecular formula is C8H14N4S. The van der Waals surface area contributed by atoms with E-state index in [0.717, 1.165) is 11.7 Å². The van der Waals surface area contributed by atoms with Gasteiger partial charge in [-0.2, -0.15) is 0 Å². The lowest BCUT2D eigenvalue weighted by Gasteiger charge is -2.18. The molecule has 0 aliphatic carbocycles.